The van der Waals surface area contributed by atoms with Crippen LogP contribution in [-0.2, 0) is 23.9 Å². The van der Waals surface area contributed by atoms with Crippen molar-refractivity contribution in [2.75, 3.05) is 24.9 Å². The van der Waals surface area contributed by atoms with Crippen molar-refractivity contribution >= 4 is 92.9 Å². The van der Waals surface area contributed by atoms with Crippen LogP contribution in [0.15, 0.2) is 50.6 Å². The number of ketones is 2. The lowest BCUT2D eigenvalue weighted by molar-refractivity contribution is -0.191. The summed E-state index contributed by atoms with van der Waals surface area (Å²) in [6, 6.07) is 7.97. The monoisotopic (exact) mass is 750 g/mol. The molecule has 0 atom stereocenters. The van der Waals surface area contributed by atoms with E-state index in [4.69, 9.17) is 32.8 Å². The van der Waals surface area contributed by atoms with Crippen molar-refractivity contribution in [1.29, 1.82) is 0 Å². The molecule has 0 aliphatic carbocycles. The number of amides is 1. The van der Waals surface area contributed by atoms with Gasteiger partial charge >= 0.3 is 12.1 Å². The van der Waals surface area contributed by atoms with Crippen molar-refractivity contribution in [3.05, 3.63) is 77.8 Å². The van der Waals surface area contributed by atoms with Crippen molar-refractivity contribution in [2.45, 2.75) is 59.4 Å². The molecule has 0 unspecified atom stereocenters. The lowest BCUT2D eigenvalue weighted by Crippen LogP contribution is -2.23. The topological polar surface area (TPSA) is 157 Å². The molecule has 14 heteroatoms. The maximum Gasteiger partial charge on any atom is 0.373 e. The number of pyridine rings is 1. The van der Waals surface area contributed by atoms with Crippen LogP contribution in [0.2, 0.25) is 10.0 Å². The summed E-state index contributed by atoms with van der Waals surface area (Å²) in [5.41, 5.74) is 2.07. The number of halogens is 2. The molecule has 0 spiro atoms. The Balaban J connectivity index is 0.000000458. The summed E-state index contributed by atoms with van der Waals surface area (Å²) in [6.45, 7) is 11.3. The Morgan fingerprint density at radius 3 is 2.04 bits per heavy atom. The quantitative estimate of drug-likeness (QED) is 0.0489. The Kier molecular flexibility index (Phi) is 18.4. The fourth-order valence-corrected chi connectivity index (χ4v) is 5.88. The standard InChI is InChI=1S/C18H22ClNO4S.C16H18ClNO2S.CO2/c1-10(2)8-15(21)16(11(3)25-5)17(22)20-14-9-12(18(23)24-4)6-7-13(14)19;1-8(2)7-11(19)13-15(20)12-9(3)5-6-10(17)14(12)18-16(13)21-4;2-1-3/h6-7,9-10H,8H2,1-5H3,(H,20,22);5-6,8H,7H2,1-4H3,(H,18,20);/b16-11+;;. The Morgan fingerprint density at radius 1 is 0.959 bits per heavy atom. The SMILES string of the molecule is COC(=O)c1ccc(Cl)c(NC(=O)/C(C(=O)CC(C)C)=C(\C)SC)c1.CSc1[nH]c2c(Cl)ccc(C)c2c(=O)c1C(=O)CC(C)C.O=C=O. The van der Waals surface area contributed by atoms with E-state index in [1.165, 1.54) is 48.8 Å². The van der Waals surface area contributed by atoms with Gasteiger partial charge in [0.25, 0.3) is 5.91 Å². The average Bonchev–Trinajstić information content (AvgIpc) is 3.03. The smallest absolute Gasteiger partial charge is 0.373 e. The van der Waals surface area contributed by atoms with Crippen molar-refractivity contribution < 1.29 is 33.5 Å². The van der Waals surface area contributed by atoms with Crippen LogP contribution >= 0.6 is 46.7 Å². The Morgan fingerprint density at radius 2 is 1.53 bits per heavy atom. The molecule has 1 heterocycles. The highest BCUT2D eigenvalue weighted by molar-refractivity contribution is 8.02. The van der Waals surface area contributed by atoms with E-state index in [0.717, 1.165) is 5.56 Å². The Bertz CT molecular complexity index is 1830. The second-order valence-electron chi connectivity index (χ2n) is 11.4. The zero-order valence-corrected chi connectivity index (χ0v) is 31.9. The maximum absolute atomic E-state index is 12.8. The number of H-pyrrole nitrogens is 1. The summed E-state index contributed by atoms with van der Waals surface area (Å²) in [5, 5.41) is 4.48. The third-order valence-electron chi connectivity index (χ3n) is 6.75. The largest absolute Gasteiger partial charge is 0.465 e. The van der Waals surface area contributed by atoms with E-state index in [1.807, 2.05) is 40.9 Å². The van der Waals surface area contributed by atoms with Gasteiger partial charge in [0.1, 0.15) is 0 Å². The number of methoxy groups -OCH3 is 1. The first kappa shape index (κ1) is 43.4. The van der Waals surface area contributed by atoms with Crippen LogP contribution in [0.4, 0.5) is 5.69 Å². The first-order chi connectivity index (χ1) is 23.0. The third kappa shape index (κ3) is 12.3. The van der Waals surface area contributed by atoms with Gasteiger partial charge < -0.3 is 15.0 Å². The van der Waals surface area contributed by atoms with E-state index < -0.39 is 11.9 Å². The van der Waals surface area contributed by atoms with Gasteiger partial charge in [-0.05, 0) is 72.9 Å². The van der Waals surface area contributed by atoms with Gasteiger partial charge in [0.05, 0.1) is 55.5 Å². The predicted octanol–water partition coefficient (Wildman–Crippen LogP) is 8.17. The van der Waals surface area contributed by atoms with E-state index >= 15 is 0 Å². The highest BCUT2D eigenvalue weighted by atomic mass is 35.5. The molecule has 264 valence electrons. The molecule has 1 amide bonds. The molecule has 10 nitrogen and oxygen atoms in total. The molecule has 0 bridgehead atoms. The van der Waals surface area contributed by atoms with Crippen molar-refractivity contribution in [1.82, 2.24) is 4.98 Å². The van der Waals surface area contributed by atoms with Crippen LogP contribution in [0.1, 0.15) is 73.7 Å². The van der Waals surface area contributed by atoms with Crippen LogP contribution in [0.25, 0.3) is 10.9 Å². The van der Waals surface area contributed by atoms with Crippen LogP contribution in [-0.4, -0.2) is 54.2 Å². The number of aromatic amines is 1. The Labute approximate surface area is 304 Å². The van der Waals surface area contributed by atoms with Crippen molar-refractivity contribution in [3.8, 4) is 0 Å². The lowest BCUT2D eigenvalue weighted by atomic mass is 9.99. The number of carbonyl (C=O) groups is 4. The summed E-state index contributed by atoms with van der Waals surface area (Å²) in [4.78, 5) is 82.0. The average molecular weight is 752 g/mol. The fourth-order valence-electron chi connectivity index (χ4n) is 4.49. The molecular formula is C35H40Cl2N2O8S2. The highest BCUT2D eigenvalue weighted by Crippen LogP contribution is 2.28. The number of benzene rings is 2. The number of fused-ring (bicyclic) bond motifs is 1. The van der Waals surface area contributed by atoms with Crippen LogP contribution < -0.4 is 10.7 Å². The van der Waals surface area contributed by atoms with Crippen molar-refractivity contribution in [3.63, 3.8) is 0 Å². The Hall–Kier alpha value is -3.67. The zero-order chi connectivity index (χ0) is 37.6. The van der Waals surface area contributed by atoms with E-state index in [0.29, 0.717) is 32.3 Å². The number of aryl methyl sites for hydroxylation is 1. The molecule has 49 heavy (non-hydrogen) atoms. The number of hydrogen-bond donors (Lipinski definition) is 2. The van der Waals surface area contributed by atoms with Crippen LogP contribution in [0, 0.1) is 18.8 Å². The molecule has 0 fully saturated rings. The van der Waals surface area contributed by atoms with Gasteiger partial charge in [0.15, 0.2) is 11.6 Å². The van der Waals surface area contributed by atoms with E-state index in [9.17, 15) is 24.0 Å². The molecule has 3 aromatic rings. The maximum atomic E-state index is 12.8. The number of carbonyl (C=O) groups excluding carboxylic acids is 6. The third-order valence-corrected chi connectivity index (χ3v) is 8.93. The number of nitrogens with one attached hydrogen (secondary N) is 2. The van der Waals surface area contributed by atoms with Gasteiger partial charge in [0.2, 0.25) is 5.43 Å². The zero-order valence-electron chi connectivity index (χ0n) is 28.8. The highest BCUT2D eigenvalue weighted by Gasteiger charge is 2.24. The number of anilines is 1. The summed E-state index contributed by atoms with van der Waals surface area (Å²) < 4.78 is 4.66. The number of esters is 1. The summed E-state index contributed by atoms with van der Waals surface area (Å²) in [7, 11) is 1.27. The van der Waals surface area contributed by atoms with Gasteiger partial charge in [-0.1, -0.05) is 57.0 Å². The minimum absolute atomic E-state index is 0.112. The summed E-state index contributed by atoms with van der Waals surface area (Å²) in [5.74, 6) is -1.07. The fraction of sp³-hybridized carbons (Fsp3) is 0.371. The molecule has 2 aromatic carbocycles. The van der Waals surface area contributed by atoms with Crippen molar-refractivity contribution in [2.24, 2.45) is 11.8 Å². The molecule has 0 saturated carbocycles. The molecule has 0 radical (unpaired) electrons. The van der Waals surface area contributed by atoms with E-state index in [2.05, 4.69) is 15.0 Å². The number of Topliss-reactive ketones (excluding diaryl/α,β-unsaturated/α-hetero) is 2. The molecule has 0 aliphatic heterocycles. The lowest BCUT2D eigenvalue weighted by Gasteiger charge is -2.13. The second kappa shape index (κ2) is 20.8. The minimum Gasteiger partial charge on any atom is -0.465 e. The molecule has 3 rings (SSSR count). The number of thioether (sulfide) groups is 2. The van der Waals surface area contributed by atoms with Gasteiger partial charge in [0, 0.05) is 12.8 Å². The normalized spacial score (nSPS) is 11.0. The number of ether oxygens (including phenoxy) is 1. The van der Waals surface area contributed by atoms with Gasteiger partial charge in [-0.3, -0.25) is 19.2 Å². The molecule has 0 aliphatic rings. The molecule has 0 saturated heterocycles. The van der Waals surface area contributed by atoms with Gasteiger partial charge in [-0.15, -0.1) is 23.5 Å². The summed E-state index contributed by atoms with van der Waals surface area (Å²) >= 11 is 15.0. The number of hydrogen-bond acceptors (Lipinski definition) is 10. The number of rotatable bonds is 11. The molecule has 1 aromatic heterocycles. The van der Waals surface area contributed by atoms with Gasteiger partial charge in [-0.2, -0.15) is 9.59 Å². The minimum atomic E-state index is -0.542. The predicted molar refractivity (Wildman–Crippen MR) is 197 cm³/mol. The first-order valence-electron chi connectivity index (χ1n) is 14.9. The first-order valence-corrected chi connectivity index (χ1v) is 18.1. The summed E-state index contributed by atoms with van der Waals surface area (Å²) in [6.07, 6.45) is 4.53. The second-order valence-corrected chi connectivity index (χ2v) is 14.0. The molecule has 2 N–H and O–H groups in total. The van der Waals surface area contributed by atoms with Gasteiger partial charge in [-0.25, -0.2) is 4.79 Å². The van der Waals surface area contributed by atoms with E-state index in [1.54, 1.807) is 25.3 Å². The van der Waals surface area contributed by atoms with Crippen LogP contribution in [0.5, 0.6) is 0 Å². The van der Waals surface area contributed by atoms with E-state index in [-0.39, 0.29) is 68.8 Å². The number of aromatic nitrogens is 1. The van der Waals surface area contributed by atoms with Crippen LogP contribution in [0.3, 0.4) is 0 Å². The molecular weight excluding hydrogens is 711 g/mol. The number of allylic oxidation sites excluding steroid dienone is 1.